The first kappa shape index (κ1) is 19.3. The van der Waals surface area contributed by atoms with E-state index in [1.165, 1.54) is 40.6 Å². The second kappa shape index (κ2) is 7.45. The van der Waals surface area contributed by atoms with Gasteiger partial charge in [0, 0.05) is 37.2 Å². The fraction of sp³-hybridized carbons (Fsp3) is 0.158. The van der Waals surface area contributed by atoms with Crippen molar-refractivity contribution in [3.8, 4) is 5.75 Å². The number of benzene rings is 2. The number of carbonyl (C=O) groups is 1. The lowest BCUT2D eigenvalue weighted by atomic mass is 10.3. The number of nitro groups is 1. The molecule has 8 nitrogen and oxygen atoms in total. The largest absolute Gasteiger partial charge is 0.497 e. The van der Waals surface area contributed by atoms with Gasteiger partial charge in [-0.15, -0.1) is 0 Å². The van der Waals surface area contributed by atoms with E-state index in [2.05, 4.69) is 4.99 Å². The molecule has 1 saturated heterocycles. The molecule has 0 saturated carbocycles. The Bertz CT molecular complexity index is 1080. The van der Waals surface area contributed by atoms with Crippen LogP contribution in [0.2, 0.25) is 0 Å². The molecule has 4 rings (SSSR count). The van der Waals surface area contributed by atoms with Crippen molar-refractivity contribution in [3.05, 3.63) is 62.5 Å². The third-order valence-corrected chi connectivity index (χ3v) is 6.98. The van der Waals surface area contributed by atoms with Crippen LogP contribution in [0.4, 0.5) is 17.1 Å². The number of aliphatic imine (C=N–C) groups is 1. The zero-order valence-corrected chi connectivity index (χ0v) is 17.4. The SMILES string of the molecule is COc1ccc2c(c1)N(C)C(=C1SC(=Nc3ccc([N+](=O)[O-])cc3)N(C)C1=O)S2. The zero-order chi connectivity index (χ0) is 20.7. The number of non-ortho nitro benzene ring substituents is 1. The lowest BCUT2D eigenvalue weighted by Crippen LogP contribution is -2.24. The Hall–Kier alpha value is -2.98. The van der Waals surface area contributed by atoms with Crippen molar-refractivity contribution in [2.24, 2.45) is 4.99 Å². The molecule has 2 aliphatic heterocycles. The highest BCUT2D eigenvalue weighted by Crippen LogP contribution is 2.50. The van der Waals surface area contributed by atoms with E-state index in [4.69, 9.17) is 4.74 Å². The summed E-state index contributed by atoms with van der Waals surface area (Å²) >= 11 is 2.82. The van der Waals surface area contributed by atoms with Crippen molar-refractivity contribution < 1.29 is 14.5 Å². The zero-order valence-electron chi connectivity index (χ0n) is 15.8. The van der Waals surface area contributed by atoms with Gasteiger partial charge in [0.1, 0.15) is 10.7 Å². The quantitative estimate of drug-likeness (QED) is 0.411. The lowest BCUT2D eigenvalue weighted by Gasteiger charge is -2.15. The molecule has 0 aliphatic carbocycles. The maximum atomic E-state index is 12.9. The number of amidine groups is 1. The number of methoxy groups -OCH3 is 1. The van der Waals surface area contributed by atoms with Gasteiger partial charge in [-0.25, -0.2) is 4.99 Å². The predicted octanol–water partition coefficient (Wildman–Crippen LogP) is 4.21. The minimum atomic E-state index is -0.459. The summed E-state index contributed by atoms with van der Waals surface area (Å²) in [5.41, 5.74) is 1.52. The summed E-state index contributed by atoms with van der Waals surface area (Å²) in [4.78, 5) is 32.8. The Morgan fingerprint density at radius 2 is 1.79 bits per heavy atom. The van der Waals surface area contributed by atoms with Crippen LogP contribution >= 0.6 is 23.5 Å². The highest BCUT2D eigenvalue weighted by molar-refractivity contribution is 8.19. The van der Waals surface area contributed by atoms with Crippen LogP contribution in [0, 0.1) is 10.1 Å². The molecule has 1 amide bonds. The molecule has 2 heterocycles. The van der Waals surface area contributed by atoms with E-state index < -0.39 is 4.92 Å². The van der Waals surface area contributed by atoms with Gasteiger partial charge >= 0.3 is 0 Å². The summed E-state index contributed by atoms with van der Waals surface area (Å²) in [5, 5.41) is 12.2. The summed E-state index contributed by atoms with van der Waals surface area (Å²) in [7, 11) is 5.21. The molecule has 0 unspecified atom stereocenters. The number of fused-ring (bicyclic) bond motifs is 1. The summed E-state index contributed by atoms with van der Waals surface area (Å²) in [5.74, 6) is 0.621. The van der Waals surface area contributed by atoms with Crippen LogP contribution in [-0.2, 0) is 4.79 Å². The summed E-state index contributed by atoms with van der Waals surface area (Å²) in [6, 6.07) is 11.7. The van der Waals surface area contributed by atoms with Gasteiger partial charge in [-0.2, -0.15) is 0 Å². The number of rotatable bonds is 3. The van der Waals surface area contributed by atoms with Crippen molar-refractivity contribution in [3.63, 3.8) is 0 Å². The number of anilines is 1. The number of nitrogens with zero attached hydrogens (tertiary/aromatic N) is 4. The maximum absolute atomic E-state index is 12.9. The van der Waals surface area contributed by atoms with Crippen LogP contribution in [0.25, 0.3) is 0 Å². The molecule has 148 valence electrons. The van der Waals surface area contributed by atoms with Crippen LogP contribution in [0.5, 0.6) is 5.75 Å². The molecule has 0 bridgehead atoms. The van der Waals surface area contributed by atoms with Crippen molar-refractivity contribution in [2.45, 2.75) is 4.90 Å². The van der Waals surface area contributed by atoms with E-state index >= 15 is 0 Å². The van der Waals surface area contributed by atoms with Gasteiger partial charge in [0.05, 0.1) is 28.4 Å². The molecule has 0 aromatic heterocycles. The Morgan fingerprint density at radius 3 is 2.45 bits per heavy atom. The first-order chi connectivity index (χ1) is 13.9. The van der Waals surface area contributed by atoms with E-state index in [9.17, 15) is 14.9 Å². The fourth-order valence-electron chi connectivity index (χ4n) is 2.89. The van der Waals surface area contributed by atoms with Gasteiger partial charge in [-0.05, 0) is 36.0 Å². The van der Waals surface area contributed by atoms with Gasteiger partial charge in [-0.1, -0.05) is 11.8 Å². The van der Waals surface area contributed by atoms with E-state index in [0.29, 0.717) is 15.8 Å². The van der Waals surface area contributed by atoms with Gasteiger partial charge in [0.2, 0.25) is 0 Å². The van der Waals surface area contributed by atoms with Gasteiger partial charge in [-0.3, -0.25) is 19.8 Å². The third-order valence-electron chi connectivity index (χ3n) is 4.50. The van der Waals surface area contributed by atoms with E-state index in [0.717, 1.165) is 21.4 Å². The number of likely N-dealkylation sites (N-methyl/N-ethyl adjacent to an activating group) is 1. The summed E-state index contributed by atoms with van der Waals surface area (Å²) in [6.45, 7) is 0. The minimum absolute atomic E-state index is 0.00237. The van der Waals surface area contributed by atoms with Crippen molar-refractivity contribution in [2.75, 3.05) is 26.1 Å². The number of thioether (sulfide) groups is 2. The first-order valence-corrected chi connectivity index (χ1v) is 10.2. The first-order valence-electron chi connectivity index (χ1n) is 8.52. The minimum Gasteiger partial charge on any atom is -0.497 e. The van der Waals surface area contributed by atoms with Crippen LogP contribution < -0.4 is 9.64 Å². The highest BCUT2D eigenvalue weighted by atomic mass is 32.2. The number of carbonyl (C=O) groups excluding carboxylic acids is 1. The summed E-state index contributed by atoms with van der Waals surface area (Å²) < 4.78 is 5.30. The van der Waals surface area contributed by atoms with E-state index in [1.54, 1.807) is 26.3 Å². The fourth-order valence-corrected chi connectivity index (χ4v) is 5.20. The standard InChI is InChI=1S/C19H16N4O4S2/c1-21-14-10-13(27-3)8-9-15(14)28-18(21)16-17(24)22(2)19(29-16)20-11-4-6-12(7-5-11)23(25)26/h4-10H,1-3H3. The second-order valence-corrected chi connectivity index (χ2v) is 8.27. The number of ether oxygens (including phenoxy) is 1. The second-order valence-electron chi connectivity index (χ2n) is 6.26. The summed E-state index contributed by atoms with van der Waals surface area (Å²) in [6.07, 6.45) is 0. The topological polar surface area (TPSA) is 88.3 Å². The molecule has 2 aromatic rings. The van der Waals surface area contributed by atoms with E-state index in [-0.39, 0.29) is 11.6 Å². The Kier molecular flexibility index (Phi) is 4.97. The smallest absolute Gasteiger partial charge is 0.269 e. The Balaban J connectivity index is 1.65. The molecule has 29 heavy (non-hydrogen) atoms. The Labute approximate surface area is 175 Å². The predicted molar refractivity (Wildman–Crippen MR) is 115 cm³/mol. The maximum Gasteiger partial charge on any atom is 0.269 e. The van der Waals surface area contributed by atoms with Crippen LogP contribution in [0.1, 0.15) is 0 Å². The van der Waals surface area contributed by atoms with Crippen molar-refractivity contribution in [1.29, 1.82) is 0 Å². The van der Waals surface area contributed by atoms with Crippen LogP contribution in [0.3, 0.4) is 0 Å². The number of hydrogen-bond acceptors (Lipinski definition) is 8. The number of hydrogen-bond donors (Lipinski definition) is 0. The average Bonchev–Trinajstić information content (AvgIpc) is 3.19. The molecule has 0 spiro atoms. The normalized spacial score (nSPS) is 19.8. The third kappa shape index (κ3) is 3.45. The molecular formula is C19H16N4O4S2. The lowest BCUT2D eigenvalue weighted by molar-refractivity contribution is -0.384. The van der Waals surface area contributed by atoms with Crippen LogP contribution in [0.15, 0.2) is 62.3 Å². The molecule has 0 atom stereocenters. The van der Waals surface area contributed by atoms with Gasteiger partial charge in [0.25, 0.3) is 11.6 Å². The molecular weight excluding hydrogens is 412 g/mol. The molecule has 0 N–H and O–H groups in total. The monoisotopic (exact) mass is 428 g/mol. The van der Waals surface area contributed by atoms with Crippen molar-refractivity contribution in [1.82, 2.24) is 4.90 Å². The van der Waals surface area contributed by atoms with Gasteiger partial charge < -0.3 is 9.64 Å². The highest BCUT2D eigenvalue weighted by Gasteiger charge is 2.37. The van der Waals surface area contributed by atoms with Crippen molar-refractivity contribution >= 4 is 51.7 Å². The van der Waals surface area contributed by atoms with E-state index in [1.807, 2.05) is 30.1 Å². The number of amides is 1. The molecule has 2 aromatic carbocycles. The van der Waals surface area contributed by atoms with Crippen LogP contribution in [-0.4, -0.2) is 42.1 Å². The Morgan fingerprint density at radius 1 is 1.07 bits per heavy atom. The van der Waals surface area contributed by atoms with Gasteiger partial charge in [0.15, 0.2) is 5.17 Å². The molecule has 1 fully saturated rings. The molecule has 0 radical (unpaired) electrons. The number of nitro benzene ring substituents is 1. The molecule has 10 heteroatoms. The molecule has 2 aliphatic rings. The average molecular weight is 428 g/mol.